The number of oxime groups is 1. The van der Waals surface area contributed by atoms with E-state index in [9.17, 15) is 29.4 Å². The number of aryl methyl sites for hydroxylation is 1. The summed E-state index contributed by atoms with van der Waals surface area (Å²) in [6, 6.07) is 0.649. The van der Waals surface area contributed by atoms with Crippen LogP contribution in [0.15, 0.2) is 34.1 Å². The Kier molecular flexibility index (Phi) is 6.80. The molecule has 2 aliphatic heterocycles. The highest BCUT2D eigenvalue weighted by Crippen LogP contribution is 2.40. The van der Waals surface area contributed by atoms with Crippen LogP contribution in [-0.2, 0) is 25.8 Å². The molecule has 2 amide bonds. The predicted molar refractivity (Wildman–Crippen MR) is 141 cm³/mol. The minimum absolute atomic E-state index is 0.0484. The highest BCUT2D eigenvalue weighted by Gasteiger charge is 2.54. The number of nitrogen functional groups attached to an aromatic ring is 2. The lowest BCUT2D eigenvalue weighted by Gasteiger charge is -2.49. The molecule has 7 N–H and O–H groups in total. The first-order valence-electron chi connectivity index (χ1n) is 11.5. The van der Waals surface area contributed by atoms with Crippen LogP contribution in [0, 0.1) is 6.92 Å². The molecule has 0 saturated carbocycles. The largest absolute Gasteiger partial charge is 0.477 e. The summed E-state index contributed by atoms with van der Waals surface area (Å²) in [4.78, 5) is 60.1. The van der Waals surface area contributed by atoms with E-state index in [4.69, 9.17) is 16.3 Å². The van der Waals surface area contributed by atoms with Gasteiger partial charge in [-0.3, -0.25) is 14.5 Å². The number of thioether (sulfide) groups is 1. The summed E-state index contributed by atoms with van der Waals surface area (Å²) < 4.78 is 2.80. The first-order valence-corrected chi connectivity index (χ1v) is 13.4. The third-order valence-corrected chi connectivity index (χ3v) is 8.20. The maximum Gasteiger partial charge on any atom is 0.352 e. The van der Waals surface area contributed by atoms with Crippen LogP contribution in [0.3, 0.4) is 0 Å². The van der Waals surface area contributed by atoms with Crippen molar-refractivity contribution < 1.29 is 38.8 Å². The summed E-state index contributed by atoms with van der Waals surface area (Å²) in [6.45, 7) is 1.66. The van der Waals surface area contributed by atoms with Crippen LogP contribution >= 0.6 is 23.1 Å². The van der Waals surface area contributed by atoms with Crippen LogP contribution < -0.4 is 21.4 Å². The Morgan fingerprint density at radius 1 is 1.30 bits per heavy atom. The van der Waals surface area contributed by atoms with Crippen molar-refractivity contribution in [3.63, 3.8) is 0 Å². The number of amides is 2. The lowest BCUT2D eigenvalue weighted by atomic mass is 10.0. The Bertz CT molecular complexity index is 1660. The minimum Gasteiger partial charge on any atom is -0.477 e. The maximum atomic E-state index is 13.1. The molecular weight excluding hydrogens is 566 g/mol. The molecular formula is C22H22N9O7S2+. The average Bonchev–Trinajstić information content (AvgIpc) is 3.52. The molecule has 5 heterocycles. The number of aliphatic carboxylic acids is 1. The molecule has 18 heteroatoms. The molecule has 0 bridgehead atoms. The van der Waals surface area contributed by atoms with Crippen LogP contribution in [0.2, 0.25) is 0 Å². The number of β-lactam (4-membered cyclic amide) rings is 1. The quantitative estimate of drug-likeness (QED) is 0.0927. The van der Waals surface area contributed by atoms with Crippen molar-refractivity contribution in [2.75, 3.05) is 24.3 Å². The van der Waals surface area contributed by atoms with Gasteiger partial charge in [-0.05, 0) is 6.92 Å². The number of rotatable bonds is 8. The number of fused-ring (bicyclic) bond motifs is 2. The van der Waals surface area contributed by atoms with E-state index < -0.39 is 35.2 Å². The number of carboxylic acid groups (broad SMARTS) is 2. The van der Waals surface area contributed by atoms with E-state index in [0.29, 0.717) is 16.9 Å². The summed E-state index contributed by atoms with van der Waals surface area (Å²) >= 11 is 2.35. The van der Waals surface area contributed by atoms with Gasteiger partial charge < -0.3 is 31.8 Å². The number of nitrogens with one attached hydrogen (secondary N) is 1. The Labute approximate surface area is 232 Å². The van der Waals surface area contributed by atoms with Crippen molar-refractivity contribution in [2.45, 2.75) is 24.9 Å². The number of carboxylic acids is 2. The third-order valence-electron chi connectivity index (χ3n) is 6.19. The monoisotopic (exact) mass is 588 g/mol. The van der Waals surface area contributed by atoms with E-state index >= 15 is 0 Å². The number of hydrogen-bond acceptors (Lipinski definition) is 12. The first-order chi connectivity index (χ1) is 19.0. The Hall–Kier alpha value is -4.71. The number of hydrogen-bond donors (Lipinski definition) is 5. The van der Waals surface area contributed by atoms with E-state index in [1.807, 2.05) is 0 Å². The van der Waals surface area contributed by atoms with E-state index in [-0.39, 0.29) is 45.9 Å². The molecule has 2 aliphatic rings. The van der Waals surface area contributed by atoms with E-state index in [1.165, 1.54) is 39.5 Å². The molecule has 1 saturated heterocycles. The van der Waals surface area contributed by atoms with Gasteiger partial charge in [0.1, 0.15) is 42.7 Å². The molecule has 0 aromatic carbocycles. The summed E-state index contributed by atoms with van der Waals surface area (Å²) in [6.07, 6.45) is 1.31. The van der Waals surface area contributed by atoms with Crippen LogP contribution in [0.1, 0.15) is 21.7 Å². The molecule has 5 rings (SSSR count). The topological polar surface area (TPSA) is 232 Å². The molecule has 0 spiro atoms. The Balaban J connectivity index is 1.44. The highest BCUT2D eigenvalue weighted by molar-refractivity contribution is 8.00. The molecule has 1 fully saturated rings. The average molecular weight is 589 g/mol. The lowest BCUT2D eigenvalue weighted by molar-refractivity contribution is -0.666. The minimum atomic E-state index is -1.34. The summed E-state index contributed by atoms with van der Waals surface area (Å²) in [5.74, 6) is -3.88. The van der Waals surface area contributed by atoms with Gasteiger partial charge >= 0.3 is 17.6 Å². The van der Waals surface area contributed by atoms with Gasteiger partial charge in [0.2, 0.25) is 5.82 Å². The highest BCUT2D eigenvalue weighted by atomic mass is 32.2. The van der Waals surface area contributed by atoms with Gasteiger partial charge in [-0.15, -0.1) is 23.1 Å². The summed E-state index contributed by atoms with van der Waals surface area (Å²) in [5, 5.41) is 31.2. The van der Waals surface area contributed by atoms with Crippen LogP contribution in [0.5, 0.6) is 0 Å². The SMILES string of the molecule is CO/N=C(\C(=O)N[C@@H]1C(=O)N2C(C(=O)O)=C(C[n+]3cc(C(=O)O)c(N)n4nc(C)cc43)CS[C@H]12)c1csc(N)n1. The van der Waals surface area contributed by atoms with Gasteiger partial charge in [-0.2, -0.15) is 0 Å². The molecule has 208 valence electrons. The van der Waals surface area contributed by atoms with E-state index in [0.717, 1.165) is 16.2 Å². The van der Waals surface area contributed by atoms with Crippen LogP contribution in [0.4, 0.5) is 10.9 Å². The van der Waals surface area contributed by atoms with Gasteiger partial charge in [0.15, 0.2) is 16.4 Å². The van der Waals surface area contributed by atoms with Crippen LogP contribution in [0.25, 0.3) is 5.65 Å². The standard InChI is InChI=1S/C22H21N9O7S2/c1-8-3-12-29(5-10(20(34)35)16(23)31(12)27-8)4-9-6-39-19-14(18(33)30(19)15(9)21(36)37)26-17(32)13(28-38-2)11-7-40-22(24)25-11/h3,5,7,14,19,23H,4,6H2,1-2H3,(H5,24,25,26,32,34,35,36,37)/p+1/b28-13-/t14-,19-/m1/s1. The molecule has 0 unspecified atom stereocenters. The van der Waals surface area contributed by atoms with Crippen molar-refractivity contribution in [1.82, 2.24) is 24.8 Å². The lowest BCUT2D eigenvalue weighted by Crippen LogP contribution is -2.71. The fraction of sp³-hybridized carbons (Fsp3) is 0.273. The Morgan fingerprint density at radius 3 is 2.67 bits per heavy atom. The molecule has 2 atom stereocenters. The van der Waals surface area contributed by atoms with Gasteiger partial charge in [-0.1, -0.05) is 14.8 Å². The Morgan fingerprint density at radius 2 is 2.05 bits per heavy atom. The van der Waals surface area contributed by atoms with E-state index in [1.54, 1.807) is 13.0 Å². The molecule has 3 aromatic heterocycles. The van der Waals surface area contributed by atoms with Crippen molar-refractivity contribution in [2.24, 2.45) is 5.16 Å². The van der Waals surface area contributed by atoms with Gasteiger partial charge in [0.25, 0.3) is 11.8 Å². The predicted octanol–water partition coefficient (Wildman–Crippen LogP) is -0.961. The number of nitrogens with two attached hydrogens (primary N) is 2. The van der Waals surface area contributed by atoms with E-state index in [2.05, 4.69) is 20.6 Å². The number of carbonyl (C=O) groups is 4. The smallest absolute Gasteiger partial charge is 0.352 e. The fourth-order valence-corrected chi connectivity index (χ4v) is 6.36. The molecule has 40 heavy (non-hydrogen) atoms. The van der Waals surface area contributed by atoms with Crippen molar-refractivity contribution in [1.29, 1.82) is 0 Å². The van der Waals surface area contributed by atoms with Gasteiger partial charge in [-0.25, -0.2) is 19.1 Å². The maximum absolute atomic E-state index is 13.1. The zero-order chi connectivity index (χ0) is 28.9. The molecule has 16 nitrogen and oxygen atoms in total. The number of aromatic nitrogens is 4. The fourth-order valence-electron chi connectivity index (χ4n) is 4.47. The second-order valence-electron chi connectivity index (χ2n) is 8.73. The number of aromatic carboxylic acids is 1. The normalized spacial score (nSPS) is 18.9. The molecule has 0 radical (unpaired) electrons. The van der Waals surface area contributed by atoms with Gasteiger partial charge in [0.05, 0.1) is 11.8 Å². The molecule has 0 aliphatic carbocycles. The van der Waals surface area contributed by atoms with Crippen molar-refractivity contribution in [3.8, 4) is 0 Å². The summed E-state index contributed by atoms with van der Waals surface area (Å²) in [7, 11) is 1.25. The van der Waals surface area contributed by atoms with Crippen molar-refractivity contribution in [3.05, 3.63) is 45.9 Å². The second kappa shape index (κ2) is 10.1. The zero-order valence-electron chi connectivity index (χ0n) is 20.9. The number of carbonyl (C=O) groups excluding carboxylic acids is 2. The van der Waals surface area contributed by atoms with Crippen molar-refractivity contribution >= 4 is 69.2 Å². The first kappa shape index (κ1) is 26.9. The van der Waals surface area contributed by atoms with Gasteiger partial charge in [0, 0.05) is 16.7 Å². The number of thiazole rings is 1. The zero-order valence-corrected chi connectivity index (χ0v) is 22.5. The number of nitrogens with zero attached hydrogens (tertiary/aromatic N) is 6. The number of anilines is 2. The molecule has 3 aromatic rings. The third kappa shape index (κ3) is 4.45. The second-order valence-corrected chi connectivity index (χ2v) is 10.7. The van der Waals surface area contributed by atoms with Crippen LogP contribution in [-0.4, -0.2) is 83.5 Å². The summed E-state index contributed by atoms with van der Waals surface area (Å²) in [5.41, 5.74) is 12.5.